The third-order valence-corrected chi connectivity index (χ3v) is 12.6. The molecule has 0 fully saturated rings. The maximum atomic E-state index is 6.48. The Morgan fingerprint density at radius 2 is 1.05 bits per heavy atom. The first-order chi connectivity index (χ1) is 31.1. The number of para-hydroxylation sites is 2. The van der Waals surface area contributed by atoms with Gasteiger partial charge in [0, 0.05) is 54.4 Å². The molecule has 0 unspecified atom stereocenters. The number of benzene rings is 9. The number of nitrogens with zero attached hydrogens (tertiary/aromatic N) is 4. The van der Waals surface area contributed by atoms with Crippen LogP contribution in [0.2, 0.25) is 0 Å². The zero-order chi connectivity index (χ0) is 41.8. The summed E-state index contributed by atoms with van der Waals surface area (Å²) in [6.07, 6.45) is 3.89. The molecule has 63 heavy (non-hydrogen) atoms. The second-order valence-corrected chi connectivity index (χ2v) is 16.0. The van der Waals surface area contributed by atoms with Gasteiger partial charge < -0.3 is 8.83 Å². The van der Waals surface area contributed by atoms with Crippen LogP contribution in [-0.2, 0) is 0 Å². The molecule has 4 aromatic heterocycles. The van der Waals surface area contributed by atoms with Gasteiger partial charge in [0.05, 0.1) is 11.0 Å². The van der Waals surface area contributed by atoms with Crippen LogP contribution in [0.15, 0.2) is 192 Å². The fourth-order valence-corrected chi connectivity index (χ4v) is 9.82. The van der Waals surface area contributed by atoms with E-state index in [0.717, 1.165) is 115 Å². The first-order valence-corrected chi connectivity index (χ1v) is 21.0. The molecule has 13 rings (SSSR count). The van der Waals surface area contributed by atoms with Crippen molar-refractivity contribution in [3.8, 4) is 39.9 Å². The highest BCUT2D eigenvalue weighted by atomic mass is 16.3. The first kappa shape index (κ1) is 35.2. The zero-order valence-electron chi connectivity index (χ0n) is 33.8. The van der Waals surface area contributed by atoms with Gasteiger partial charge >= 0.3 is 0 Å². The Kier molecular flexibility index (Phi) is 7.51. The van der Waals surface area contributed by atoms with Crippen LogP contribution in [0.1, 0.15) is 11.1 Å². The molecule has 0 saturated carbocycles. The summed E-state index contributed by atoms with van der Waals surface area (Å²) in [6, 6.07) is 58.6. The summed E-state index contributed by atoms with van der Waals surface area (Å²) in [4.78, 5) is 16.0. The number of hydrogen-bond acceptors (Lipinski definition) is 5. The highest BCUT2D eigenvalue weighted by molar-refractivity contribution is 6.26. The average molecular weight is 807 g/mol. The lowest BCUT2D eigenvalue weighted by atomic mass is 9.93. The van der Waals surface area contributed by atoms with Gasteiger partial charge in [-0.15, -0.1) is 0 Å². The van der Waals surface area contributed by atoms with Crippen molar-refractivity contribution in [3.63, 3.8) is 0 Å². The summed E-state index contributed by atoms with van der Waals surface area (Å²) in [5.74, 6) is 1.58. The molecule has 0 saturated heterocycles. The summed E-state index contributed by atoms with van der Waals surface area (Å²) in [5, 5.41) is 10.8. The summed E-state index contributed by atoms with van der Waals surface area (Å²) in [7, 11) is 0. The SMILES string of the molecule is C=Cc1c(C=C)c2c3cccc(-c4ccc5oc6ccc7ccccc7c6c5c4)c3n(-c3nc(-c4ccccc4)nc(-c4ccc5c(c4)oc4ccccc45)n3)c2c2ccccc12. The van der Waals surface area contributed by atoms with Gasteiger partial charge in [-0.1, -0.05) is 159 Å². The lowest BCUT2D eigenvalue weighted by molar-refractivity contribution is 0.668. The van der Waals surface area contributed by atoms with Crippen molar-refractivity contribution in [1.29, 1.82) is 0 Å². The Balaban J connectivity index is 1.17. The molecule has 0 radical (unpaired) electrons. The fourth-order valence-electron chi connectivity index (χ4n) is 9.82. The molecule has 4 heterocycles. The van der Waals surface area contributed by atoms with E-state index >= 15 is 0 Å². The normalized spacial score (nSPS) is 11.9. The molecule has 0 amide bonds. The van der Waals surface area contributed by atoms with Crippen molar-refractivity contribution < 1.29 is 8.83 Å². The van der Waals surface area contributed by atoms with Crippen molar-refractivity contribution in [2.24, 2.45) is 0 Å². The highest BCUT2D eigenvalue weighted by Crippen LogP contribution is 2.46. The Morgan fingerprint density at radius 1 is 0.397 bits per heavy atom. The van der Waals surface area contributed by atoms with Crippen molar-refractivity contribution in [1.82, 2.24) is 19.5 Å². The maximum Gasteiger partial charge on any atom is 0.238 e. The Bertz CT molecular complexity index is 4080. The van der Waals surface area contributed by atoms with Crippen LogP contribution in [0, 0.1) is 0 Å². The second-order valence-electron chi connectivity index (χ2n) is 16.0. The van der Waals surface area contributed by atoms with E-state index in [-0.39, 0.29) is 0 Å². The molecule has 294 valence electrons. The number of rotatable bonds is 6. The largest absolute Gasteiger partial charge is 0.456 e. The summed E-state index contributed by atoms with van der Waals surface area (Å²) in [6.45, 7) is 8.68. The van der Waals surface area contributed by atoms with Gasteiger partial charge in [0.1, 0.15) is 22.3 Å². The van der Waals surface area contributed by atoms with Gasteiger partial charge in [0.15, 0.2) is 11.6 Å². The standard InChI is InChI=1S/C57H34N4O2/c1-3-37-38(4-2)52-45-23-14-22-40(35-27-29-48-46(31-35)51-39-18-9-8-15-33(39)26-30-49(51)62-48)53(45)61(54(52)44-21-11-10-19-41(37)44)57-59-55(34-16-6-5-7-17-34)58-56(60-57)36-25-28-43-42-20-12-13-24-47(42)63-50(43)32-36/h3-32H,1-2H2. The highest BCUT2D eigenvalue weighted by Gasteiger charge is 2.26. The van der Waals surface area contributed by atoms with Crippen LogP contribution in [-0.4, -0.2) is 19.5 Å². The molecule has 0 bridgehead atoms. The van der Waals surface area contributed by atoms with Gasteiger partial charge in [-0.2, -0.15) is 9.97 Å². The maximum absolute atomic E-state index is 6.48. The van der Waals surface area contributed by atoms with Gasteiger partial charge in [0.25, 0.3) is 0 Å². The molecule has 6 heteroatoms. The Hall–Kier alpha value is -8.61. The third-order valence-electron chi connectivity index (χ3n) is 12.6. The smallest absolute Gasteiger partial charge is 0.238 e. The first-order valence-electron chi connectivity index (χ1n) is 21.0. The van der Waals surface area contributed by atoms with E-state index in [1.54, 1.807) is 0 Å². The van der Waals surface area contributed by atoms with Crippen LogP contribution in [0.5, 0.6) is 0 Å². The molecule has 0 spiro atoms. The summed E-state index contributed by atoms with van der Waals surface area (Å²) >= 11 is 0. The zero-order valence-corrected chi connectivity index (χ0v) is 33.8. The molecule has 0 N–H and O–H groups in total. The molecular weight excluding hydrogens is 773 g/mol. The quantitative estimate of drug-likeness (QED) is 0.167. The minimum Gasteiger partial charge on any atom is -0.456 e. The topological polar surface area (TPSA) is 69.9 Å². The number of aromatic nitrogens is 4. The number of hydrogen-bond donors (Lipinski definition) is 0. The second kappa shape index (κ2) is 13.4. The number of fused-ring (bicyclic) bond motifs is 13. The fraction of sp³-hybridized carbons (Fsp3) is 0. The molecule has 0 atom stereocenters. The lowest BCUT2D eigenvalue weighted by Crippen LogP contribution is -2.07. The van der Waals surface area contributed by atoms with E-state index in [2.05, 4.69) is 133 Å². The van der Waals surface area contributed by atoms with Crippen molar-refractivity contribution >= 4 is 99.4 Å². The van der Waals surface area contributed by atoms with Crippen LogP contribution in [0.3, 0.4) is 0 Å². The Labute approximate surface area is 360 Å². The minimum atomic E-state index is 0.489. The van der Waals surface area contributed by atoms with Gasteiger partial charge in [-0.05, 0) is 69.2 Å². The molecular formula is C57H34N4O2. The van der Waals surface area contributed by atoms with E-state index in [0.29, 0.717) is 17.6 Å². The van der Waals surface area contributed by atoms with Crippen LogP contribution in [0.4, 0.5) is 0 Å². The Morgan fingerprint density at radius 3 is 1.89 bits per heavy atom. The molecule has 13 aromatic rings. The van der Waals surface area contributed by atoms with E-state index < -0.39 is 0 Å². The average Bonchev–Trinajstić information content (AvgIpc) is 4.03. The van der Waals surface area contributed by atoms with E-state index in [4.69, 9.17) is 23.8 Å². The number of furan rings is 2. The van der Waals surface area contributed by atoms with Gasteiger partial charge in [0.2, 0.25) is 5.95 Å². The van der Waals surface area contributed by atoms with Crippen molar-refractivity contribution in [3.05, 3.63) is 194 Å². The lowest BCUT2D eigenvalue weighted by Gasteiger charge is -2.15. The minimum absolute atomic E-state index is 0.489. The molecule has 0 aliphatic rings. The van der Waals surface area contributed by atoms with E-state index in [1.807, 2.05) is 66.7 Å². The molecule has 0 aliphatic heterocycles. The van der Waals surface area contributed by atoms with Crippen LogP contribution >= 0.6 is 0 Å². The summed E-state index contributed by atoms with van der Waals surface area (Å²) < 4.78 is 15.1. The predicted molar refractivity (Wildman–Crippen MR) is 260 cm³/mol. The van der Waals surface area contributed by atoms with Crippen LogP contribution in [0.25, 0.3) is 139 Å². The third kappa shape index (κ3) is 5.15. The van der Waals surface area contributed by atoms with Crippen LogP contribution < -0.4 is 0 Å². The summed E-state index contributed by atoms with van der Waals surface area (Å²) in [5.41, 5.74) is 11.0. The van der Waals surface area contributed by atoms with Crippen molar-refractivity contribution in [2.75, 3.05) is 0 Å². The van der Waals surface area contributed by atoms with Gasteiger partial charge in [-0.25, -0.2) is 4.98 Å². The van der Waals surface area contributed by atoms with E-state index in [9.17, 15) is 0 Å². The van der Waals surface area contributed by atoms with E-state index in [1.165, 1.54) is 5.39 Å². The molecule has 6 nitrogen and oxygen atoms in total. The van der Waals surface area contributed by atoms with Gasteiger partial charge in [-0.3, -0.25) is 4.57 Å². The predicted octanol–water partition coefficient (Wildman–Crippen LogP) is 15.4. The molecule has 9 aromatic carbocycles. The van der Waals surface area contributed by atoms with Crippen molar-refractivity contribution in [2.45, 2.75) is 0 Å². The molecule has 0 aliphatic carbocycles. The monoisotopic (exact) mass is 806 g/mol.